The van der Waals surface area contributed by atoms with Crippen molar-refractivity contribution in [3.8, 4) is 0 Å². The van der Waals surface area contributed by atoms with E-state index in [1.165, 1.54) is 5.56 Å². The molecule has 3 N–H and O–H groups in total. The zero-order valence-corrected chi connectivity index (χ0v) is 13.4. The van der Waals surface area contributed by atoms with E-state index in [0.717, 1.165) is 45.1 Å². The second-order valence-electron chi connectivity index (χ2n) is 5.80. The highest BCUT2D eigenvalue weighted by Gasteiger charge is 2.30. The first-order valence-electron chi connectivity index (χ1n) is 7.84. The molecule has 0 spiro atoms. The number of halogens is 1. The molecule has 2 rings (SSSR count). The Morgan fingerprint density at radius 2 is 1.76 bits per heavy atom. The molecule has 0 bridgehead atoms. The smallest absolute Gasteiger partial charge is 0.220 e. The number of amides is 1. The average molecular weight is 311 g/mol. The maximum atomic E-state index is 11.8. The lowest BCUT2D eigenvalue weighted by Crippen LogP contribution is -2.43. The topological polar surface area (TPSA) is 55.1 Å². The van der Waals surface area contributed by atoms with Gasteiger partial charge in [-0.3, -0.25) is 4.79 Å². The van der Waals surface area contributed by atoms with Crippen molar-refractivity contribution in [2.24, 2.45) is 5.73 Å². The molecule has 1 fully saturated rings. The summed E-state index contributed by atoms with van der Waals surface area (Å²) in [5.74, 6) is 0.848. The van der Waals surface area contributed by atoms with Crippen LogP contribution in [0.3, 0.4) is 0 Å². The Hall–Kier alpha value is -1.06. The van der Waals surface area contributed by atoms with Crippen LogP contribution in [-0.4, -0.2) is 18.5 Å². The highest BCUT2D eigenvalue weighted by Crippen LogP contribution is 2.36. The number of carbonyl (C=O) groups is 1. The van der Waals surface area contributed by atoms with Gasteiger partial charge in [0.25, 0.3) is 0 Å². The zero-order valence-electron chi connectivity index (χ0n) is 12.6. The van der Waals surface area contributed by atoms with Crippen LogP contribution in [-0.2, 0) is 4.79 Å². The van der Waals surface area contributed by atoms with Crippen molar-refractivity contribution in [2.75, 3.05) is 6.54 Å². The van der Waals surface area contributed by atoms with Crippen LogP contribution in [0.25, 0.3) is 0 Å². The van der Waals surface area contributed by atoms with Gasteiger partial charge in [0.1, 0.15) is 0 Å². The van der Waals surface area contributed by atoms with Gasteiger partial charge in [-0.2, -0.15) is 0 Å². The van der Waals surface area contributed by atoms with Gasteiger partial charge in [-0.05, 0) is 43.7 Å². The molecule has 0 unspecified atom stereocenters. The molecule has 1 aromatic rings. The summed E-state index contributed by atoms with van der Waals surface area (Å²) in [5.41, 5.74) is 6.85. The molecule has 118 valence electrons. The Kier molecular flexibility index (Phi) is 8.40. The molecule has 0 aliphatic heterocycles. The Morgan fingerprint density at radius 1 is 1.10 bits per heavy atom. The number of benzene rings is 1. The molecule has 0 saturated heterocycles. The van der Waals surface area contributed by atoms with Crippen LogP contribution >= 0.6 is 12.4 Å². The van der Waals surface area contributed by atoms with Crippen LogP contribution in [0.15, 0.2) is 30.3 Å². The van der Waals surface area contributed by atoms with E-state index in [-0.39, 0.29) is 18.3 Å². The molecule has 1 aromatic carbocycles. The van der Waals surface area contributed by atoms with Gasteiger partial charge in [-0.25, -0.2) is 0 Å². The summed E-state index contributed by atoms with van der Waals surface area (Å²) < 4.78 is 0. The Labute approximate surface area is 134 Å². The van der Waals surface area contributed by atoms with E-state index in [1.807, 2.05) is 6.07 Å². The Balaban J connectivity index is 0.00000220. The Bertz CT molecular complexity index is 405. The van der Waals surface area contributed by atoms with E-state index in [9.17, 15) is 4.79 Å². The SMILES string of the molecule is Cl.NCCCCCCC(=O)NC1CC(c2ccccc2)C1. The van der Waals surface area contributed by atoms with Gasteiger partial charge >= 0.3 is 0 Å². The molecule has 1 aliphatic rings. The molecule has 1 amide bonds. The summed E-state index contributed by atoms with van der Waals surface area (Å²) in [6.07, 6.45) is 7.15. The number of nitrogens with one attached hydrogen (secondary N) is 1. The third-order valence-electron chi connectivity index (χ3n) is 4.13. The second kappa shape index (κ2) is 9.80. The molecule has 4 heteroatoms. The number of hydrogen-bond donors (Lipinski definition) is 2. The second-order valence-corrected chi connectivity index (χ2v) is 5.80. The standard InChI is InChI=1S/C17H26N2O.ClH/c18-11-7-2-1-6-10-17(20)19-16-12-15(13-16)14-8-4-3-5-9-14;/h3-5,8-9,15-16H,1-2,6-7,10-13,18H2,(H,19,20);1H. The predicted molar refractivity (Wildman–Crippen MR) is 89.7 cm³/mol. The van der Waals surface area contributed by atoms with Crippen molar-refractivity contribution in [2.45, 2.75) is 56.9 Å². The summed E-state index contributed by atoms with van der Waals surface area (Å²) >= 11 is 0. The van der Waals surface area contributed by atoms with E-state index >= 15 is 0 Å². The van der Waals surface area contributed by atoms with Crippen LogP contribution < -0.4 is 11.1 Å². The van der Waals surface area contributed by atoms with E-state index in [4.69, 9.17) is 5.73 Å². The number of unbranched alkanes of at least 4 members (excludes halogenated alkanes) is 3. The van der Waals surface area contributed by atoms with E-state index in [2.05, 4.69) is 29.6 Å². The summed E-state index contributed by atoms with van der Waals surface area (Å²) in [5, 5.41) is 3.14. The summed E-state index contributed by atoms with van der Waals surface area (Å²) in [6, 6.07) is 11.0. The fraction of sp³-hybridized carbons (Fsp3) is 0.588. The predicted octanol–water partition coefficient (Wildman–Crippen LogP) is 3.38. The molecule has 1 saturated carbocycles. The van der Waals surface area contributed by atoms with Gasteiger partial charge in [-0.15, -0.1) is 12.4 Å². The molecule has 0 radical (unpaired) electrons. The molecule has 21 heavy (non-hydrogen) atoms. The Morgan fingerprint density at radius 3 is 2.43 bits per heavy atom. The van der Waals surface area contributed by atoms with E-state index < -0.39 is 0 Å². The van der Waals surface area contributed by atoms with Gasteiger partial charge < -0.3 is 11.1 Å². The van der Waals surface area contributed by atoms with Crippen molar-refractivity contribution in [3.63, 3.8) is 0 Å². The van der Waals surface area contributed by atoms with Crippen LogP contribution in [0.2, 0.25) is 0 Å². The average Bonchev–Trinajstić information content (AvgIpc) is 2.43. The van der Waals surface area contributed by atoms with Crippen LogP contribution in [0.5, 0.6) is 0 Å². The molecule has 1 aliphatic carbocycles. The number of hydrogen-bond acceptors (Lipinski definition) is 2. The maximum Gasteiger partial charge on any atom is 0.220 e. The lowest BCUT2D eigenvalue weighted by Gasteiger charge is -2.36. The molecular weight excluding hydrogens is 284 g/mol. The number of nitrogens with two attached hydrogens (primary N) is 1. The highest BCUT2D eigenvalue weighted by molar-refractivity contribution is 5.85. The first kappa shape index (κ1) is 18.0. The van der Waals surface area contributed by atoms with Gasteiger partial charge in [-0.1, -0.05) is 43.2 Å². The van der Waals surface area contributed by atoms with Crippen molar-refractivity contribution in [1.29, 1.82) is 0 Å². The third-order valence-corrected chi connectivity index (χ3v) is 4.13. The lowest BCUT2D eigenvalue weighted by atomic mass is 9.76. The van der Waals surface area contributed by atoms with Crippen molar-refractivity contribution in [3.05, 3.63) is 35.9 Å². The minimum atomic E-state index is 0. The third kappa shape index (κ3) is 6.06. The van der Waals surface area contributed by atoms with Crippen molar-refractivity contribution < 1.29 is 4.79 Å². The van der Waals surface area contributed by atoms with Gasteiger partial charge in [0, 0.05) is 12.5 Å². The molecule has 3 nitrogen and oxygen atoms in total. The molecular formula is C17H27ClN2O. The maximum absolute atomic E-state index is 11.8. The van der Waals surface area contributed by atoms with Crippen LogP contribution in [0.4, 0.5) is 0 Å². The fourth-order valence-electron chi connectivity index (χ4n) is 2.82. The van der Waals surface area contributed by atoms with Gasteiger partial charge in [0.15, 0.2) is 0 Å². The minimum Gasteiger partial charge on any atom is -0.353 e. The first-order valence-corrected chi connectivity index (χ1v) is 7.84. The zero-order chi connectivity index (χ0) is 14.2. The minimum absolute atomic E-state index is 0. The fourth-order valence-corrected chi connectivity index (χ4v) is 2.82. The van der Waals surface area contributed by atoms with E-state index in [0.29, 0.717) is 18.4 Å². The van der Waals surface area contributed by atoms with Crippen molar-refractivity contribution in [1.82, 2.24) is 5.32 Å². The molecule has 0 atom stereocenters. The normalized spacial score (nSPS) is 20.2. The molecule has 0 aromatic heterocycles. The van der Waals surface area contributed by atoms with Gasteiger partial charge in [0.05, 0.1) is 0 Å². The van der Waals surface area contributed by atoms with Gasteiger partial charge in [0.2, 0.25) is 5.91 Å². The summed E-state index contributed by atoms with van der Waals surface area (Å²) in [7, 11) is 0. The van der Waals surface area contributed by atoms with Crippen LogP contribution in [0.1, 0.15) is 56.4 Å². The van der Waals surface area contributed by atoms with E-state index in [1.54, 1.807) is 0 Å². The summed E-state index contributed by atoms with van der Waals surface area (Å²) in [6.45, 7) is 0.759. The number of carbonyl (C=O) groups excluding carboxylic acids is 1. The van der Waals surface area contributed by atoms with Crippen LogP contribution in [0, 0.1) is 0 Å². The largest absolute Gasteiger partial charge is 0.353 e. The first-order chi connectivity index (χ1) is 9.79. The number of rotatable bonds is 8. The lowest BCUT2D eigenvalue weighted by molar-refractivity contribution is -0.122. The summed E-state index contributed by atoms with van der Waals surface area (Å²) in [4.78, 5) is 11.8. The quantitative estimate of drug-likeness (QED) is 0.723. The monoisotopic (exact) mass is 310 g/mol. The van der Waals surface area contributed by atoms with Crippen molar-refractivity contribution >= 4 is 18.3 Å². The highest BCUT2D eigenvalue weighted by atomic mass is 35.5. The molecule has 0 heterocycles.